The highest BCUT2D eigenvalue weighted by Gasteiger charge is 2.24. The number of carbonyl (C=O) groups excluding carboxylic acids is 1. The Labute approximate surface area is 116 Å². The molecule has 20 heavy (non-hydrogen) atoms. The van der Waals surface area contributed by atoms with Gasteiger partial charge in [0.2, 0.25) is 0 Å². The van der Waals surface area contributed by atoms with Gasteiger partial charge in [0.1, 0.15) is 17.3 Å². The molecule has 0 saturated carbocycles. The van der Waals surface area contributed by atoms with Crippen molar-refractivity contribution < 1.29 is 18.3 Å². The molecule has 1 aromatic carbocycles. The fourth-order valence-corrected chi connectivity index (χ4v) is 2.23. The maximum atomic E-state index is 13.8. The van der Waals surface area contributed by atoms with E-state index in [2.05, 4.69) is 5.32 Å². The molecule has 1 atom stereocenters. The number of morpholine rings is 1. The van der Waals surface area contributed by atoms with Crippen LogP contribution in [-0.2, 0) is 4.74 Å². The zero-order valence-corrected chi connectivity index (χ0v) is 11.6. The molecule has 1 saturated heterocycles. The minimum atomic E-state index is -0.753. The largest absolute Gasteiger partial charge is 0.381 e. The van der Waals surface area contributed by atoms with Gasteiger partial charge in [-0.3, -0.25) is 4.79 Å². The maximum absolute atomic E-state index is 13.8. The summed E-state index contributed by atoms with van der Waals surface area (Å²) in [5.74, 6) is -1.88. The van der Waals surface area contributed by atoms with Crippen LogP contribution >= 0.6 is 0 Å². The highest BCUT2D eigenvalue weighted by Crippen LogP contribution is 2.22. The number of nitrogens with one attached hydrogen (secondary N) is 1. The van der Waals surface area contributed by atoms with Crippen molar-refractivity contribution in [1.29, 1.82) is 0 Å². The number of hydrogen-bond acceptors (Lipinski definition) is 3. The fourth-order valence-electron chi connectivity index (χ4n) is 2.23. The third-order valence-corrected chi connectivity index (χ3v) is 3.17. The van der Waals surface area contributed by atoms with E-state index < -0.39 is 11.6 Å². The van der Waals surface area contributed by atoms with Crippen LogP contribution < -0.4 is 5.32 Å². The van der Waals surface area contributed by atoms with Crippen molar-refractivity contribution in [2.24, 2.45) is 0 Å². The van der Waals surface area contributed by atoms with E-state index in [-0.39, 0.29) is 23.3 Å². The van der Waals surface area contributed by atoms with E-state index in [1.165, 1.54) is 0 Å². The van der Waals surface area contributed by atoms with Crippen LogP contribution in [0, 0.1) is 11.6 Å². The predicted octanol–water partition coefficient (Wildman–Crippen LogP) is 2.26. The quantitative estimate of drug-likeness (QED) is 0.925. The molecule has 1 aliphatic rings. The first-order valence-electron chi connectivity index (χ1n) is 6.66. The molecule has 0 radical (unpaired) electrons. The molecule has 1 amide bonds. The van der Waals surface area contributed by atoms with Crippen LogP contribution in [-0.4, -0.2) is 43.2 Å². The topological polar surface area (TPSA) is 41.6 Å². The van der Waals surface area contributed by atoms with Gasteiger partial charge in [-0.15, -0.1) is 0 Å². The molecule has 110 valence electrons. The minimum absolute atomic E-state index is 0.0238. The number of benzene rings is 1. The predicted molar refractivity (Wildman–Crippen MR) is 71.8 cm³/mol. The Morgan fingerprint density at radius 2 is 2.10 bits per heavy atom. The van der Waals surface area contributed by atoms with Gasteiger partial charge in [-0.25, -0.2) is 8.78 Å². The number of rotatable bonds is 3. The normalized spacial score (nSPS) is 19.0. The zero-order chi connectivity index (χ0) is 14.7. The lowest BCUT2D eigenvalue weighted by molar-refractivity contribution is -0.0124. The Kier molecular flexibility index (Phi) is 4.54. The van der Waals surface area contributed by atoms with Gasteiger partial charge < -0.3 is 15.0 Å². The Balaban J connectivity index is 2.22. The summed E-state index contributed by atoms with van der Waals surface area (Å²) in [7, 11) is 0. The smallest absolute Gasteiger partial charge is 0.254 e. The van der Waals surface area contributed by atoms with E-state index >= 15 is 0 Å². The first kappa shape index (κ1) is 14.7. The van der Waals surface area contributed by atoms with Gasteiger partial charge in [0.15, 0.2) is 0 Å². The monoisotopic (exact) mass is 284 g/mol. The second-order valence-corrected chi connectivity index (χ2v) is 4.78. The standard InChI is InChI=1S/C14H18F2N2O2/c1-3-17-13-11(15)6-10(7-12(13)16)14(19)18-4-5-20-9(2)8-18/h6-7,9,17H,3-5,8H2,1-2H3. The molecule has 0 aromatic heterocycles. The molecule has 1 N–H and O–H groups in total. The average molecular weight is 284 g/mol. The SMILES string of the molecule is CCNc1c(F)cc(C(=O)N2CCOC(C)C2)cc1F. The highest BCUT2D eigenvalue weighted by atomic mass is 19.1. The van der Waals surface area contributed by atoms with E-state index in [4.69, 9.17) is 4.74 Å². The Bertz CT molecular complexity index is 485. The number of carbonyl (C=O) groups is 1. The molecule has 2 rings (SSSR count). The molecule has 0 aliphatic carbocycles. The molecular formula is C14H18F2N2O2. The van der Waals surface area contributed by atoms with Gasteiger partial charge in [-0.2, -0.15) is 0 Å². The van der Waals surface area contributed by atoms with Crippen molar-refractivity contribution in [3.8, 4) is 0 Å². The van der Waals surface area contributed by atoms with Crippen LogP contribution in [0.4, 0.5) is 14.5 Å². The van der Waals surface area contributed by atoms with E-state index in [9.17, 15) is 13.6 Å². The van der Waals surface area contributed by atoms with E-state index in [0.29, 0.717) is 26.2 Å². The van der Waals surface area contributed by atoms with Gasteiger partial charge >= 0.3 is 0 Å². The van der Waals surface area contributed by atoms with Crippen LogP contribution in [0.1, 0.15) is 24.2 Å². The lowest BCUT2D eigenvalue weighted by atomic mass is 10.1. The van der Waals surface area contributed by atoms with Crippen LogP contribution in [0.25, 0.3) is 0 Å². The molecule has 1 fully saturated rings. The van der Waals surface area contributed by atoms with Gasteiger partial charge in [-0.05, 0) is 26.0 Å². The second kappa shape index (κ2) is 6.17. The maximum Gasteiger partial charge on any atom is 0.254 e. The van der Waals surface area contributed by atoms with Crippen LogP contribution in [0.3, 0.4) is 0 Å². The van der Waals surface area contributed by atoms with Crippen LogP contribution in [0.2, 0.25) is 0 Å². The summed E-state index contributed by atoms with van der Waals surface area (Å²) in [5, 5.41) is 2.60. The van der Waals surface area contributed by atoms with Crippen molar-refractivity contribution >= 4 is 11.6 Å². The summed E-state index contributed by atoms with van der Waals surface area (Å²) < 4.78 is 32.9. The van der Waals surface area contributed by atoms with Crippen molar-refractivity contribution in [2.45, 2.75) is 20.0 Å². The highest BCUT2D eigenvalue weighted by molar-refractivity contribution is 5.94. The third-order valence-electron chi connectivity index (χ3n) is 3.17. The molecule has 1 aromatic rings. The number of ether oxygens (including phenoxy) is 1. The van der Waals surface area contributed by atoms with Crippen LogP contribution in [0.15, 0.2) is 12.1 Å². The van der Waals surface area contributed by atoms with Gasteiger partial charge in [0.05, 0.1) is 12.7 Å². The average Bonchev–Trinajstić information content (AvgIpc) is 2.42. The number of halogens is 2. The first-order valence-corrected chi connectivity index (χ1v) is 6.66. The number of nitrogens with zero attached hydrogens (tertiary/aromatic N) is 1. The summed E-state index contributed by atoms with van der Waals surface area (Å²) in [6.45, 7) is 5.30. The molecular weight excluding hydrogens is 266 g/mol. The Morgan fingerprint density at radius 1 is 1.45 bits per heavy atom. The van der Waals surface area contributed by atoms with Gasteiger partial charge in [0.25, 0.3) is 5.91 Å². The molecule has 1 aliphatic heterocycles. The molecule has 0 spiro atoms. The number of amides is 1. The first-order chi connectivity index (χ1) is 9.52. The summed E-state index contributed by atoms with van der Waals surface area (Å²) >= 11 is 0. The van der Waals surface area contributed by atoms with Gasteiger partial charge in [0, 0.05) is 25.2 Å². The van der Waals surface area contributed by atoms with Gasteiger partial charge in [-0.1, -0.05) is 0 Å². The summed E-state index contributed by atoms with van der Waals surface area (Å²) in [4.78, 5) is 13.8. The van der Waals surface area contributed by atoms with Crippen molar-refractivity contribution in [3.05, 3.63) is 29.3 Å². The summed E-state index contributed by atoms with van der Waals surface area (Å²) in [5.41, 5.74) is -0.171. The van der Waals surface area contributed by atoms with Crippen molar-refractivity contribution in [1.82, 2.24) is 4.90 Å². The molecule has 0 bridgehead atoms. The Morgan fingerprint density at radius 3 is 2.65 bits per heavy atom. The molecule has 1 unspecified atom stereocenters. The van der Waals surface area contributed by atoms with E-state index in [1.807, 2.05) is 6.92 Å². The fraction of sp³-hybridized carbons (Fsp3) is 0.500. The van der Waals surface area contributed by atoms with Crippen LogP contribution in [0.5, 0.6) is 0 Å². The summed E-state index contributed by atoms with van der Waals surface area (Å²) in [6.07, 6.45) is -0.0663. The summed E-state index contributed by atoms with van der Waals surface area (Å²) in [6, 6.07) is 2.15. The number of hydrogen-bond donors (Lipinski definition) is 1. The van der Waals surface area contributed by atoms with Crippen molar-refractivity contribution in [2.75, 3.05) is 31.6 Å². The molecule has 1 heterocycles. The third kappa shape index (κ3) is 3.07. The lowest BCUT2D eigenvalue weighted by Gasteiger charge is -2.31. The zero-order valence-electron chi connectivity index (χ0n) is 11.6. The minimum Gasteiger partial charge on any atom is -0.381 e. The van der Waals surface area contributed by atoms with Crippen molar-refractivity contribution in [3.63, 3.8) is 0 Å². The lowest BCUT2D eigenvalue weighted by Crippen LogP contribution is -2.44. The van der Waals surface area contributed by atoms with E-state index in [0.717, 1.165) is 12.1 Å². The number of anilines is 1. The van der Waals surface area contributed by atoms with E-state index in [1.54, 1.807) is 11.8 Å². The molecule has 6 heteroatoms. The Hall–Kier alpha value is -1.69. The molecule has 4 nitrogen and oxygen atoms in total. The second-order valence-electron chi connectivity index (χ2n) is 4.78.